The van der Waals surface area contributed by atoms with Gasteiger partial charge in [0, 0.05) is 28.8 Å². The summed E-state index contributed by atoms with van der Waals surface area (Å²) in [7, 11) is 0. The van der Waals surface area contributed by atoms with Gasteiger partial charge in [0.05, 0.1) is 5.52 Å². The van der Waals surface area contributed by atoms with Crippen molar-refractivity contribution in [1.29, 1.82) is 0 Å². The second kappa shape index (κ2) is 5.17. The van der Waals surface area contributed by atoms with Gasteiger partial charge in [-0.3, -0.25) is 4.79 Å². The van der Waals surface area contributed by atoms with Crippen molar-refractivity contribution in [3.63, 3.8) is 0 Å². The first-order chi connectivity index (χ1) is 9.70. The molecule has 3 rings (SSSR count). The Bertz CT molecular complexity index is 795. The number of para-hydroxylation sites is 1. The molecular formula is C15H12BrN3O. The Balaban J connectivity index is 2.14. The van der Waals surface area contributed by atoms with Crippen molar-refractivity contribution in [2.75, 3.05) is 0 Å². The van der Waals surface area contributed by atoms with Crippen LogP contribution in [0.3, 0.4) is 0 Å². The summed E-state index contributed by atoms with van der Waals surface area (Å²) in [6.07, 6.45) is 3.42. The van der Waals surface area contributed by atoms with Crippen LogP contribution >= 0.6 is 15.9 Å². The van der Waals surface area contributed by atoms with E-state index in [0.29, 0.717) is 22.5 Å². The highest BCUT2D eigenvalue weighted by Gasteiger charge is 2.19. The van der Waals surface area contributed by atoms with Crippen molar-refractivity contribution in [3.05, 3.63) is 58.7 Å². The molecule has 4 nitrogen and oxygen atoms in total. The summed E-state index contributed by atoms with van der Waals surface area (Å²) in [6.45, 7) is 2.67. The molecule has 0 spiro atoms. The molecule has 0 fully saturated rings. The zero-order valence-electron chi connectivity index (χ0n) is 10.9. The molecule has 0 atom stereocenters. The standard InChI is InChI=1S/C15H12BrN3O/c1-2-19-8-7-17-15(19)14(20)13-11(16)9-10-5-3-4-6-12(10)18-13/h3-9H,2H2,1H3. The summed E-state index contributed by atoms with van der Waals surface area (Å²) in [6, 6.07) is 9.63. The zero-order chi connectivity index (χ0) is 14.1. The molecule has 0 N–H and O–H groups in total. The summed E-state index contributed by atoms with van der Waals surface area (Å²) in [5, 5.41) is 0.995. The van der Waals surface area contributed by atoms with Crippen LogP contribution in [-0.4, -0.2) is 20.3 Å². The molecule has 0 amide bonds. The first-order valence-electron chi connectivity index (χ1n) is 6.32. The number of fused-ring (bicyclic) bond motifs is 1. The van der Waals surface area contributed by atoms with Gasteiger partial charge in [-0.05, 0) is 35.0 Å². The Labute approximate surface area is 124 Å². The number of rotatable bonds is 3. The minimum Gasteiger partial charge on any atom is -0.328 e. The predicted molar refractivity (Wildman–Crippen MR) is 80.8 cm³/mol. The van der Waals surface area contributed by atoms with Crippen molar-refractivity contribution < 1.29 is 4.79 Å². The van der Waals surface area contributed by atoms with Crippen molar-refractivity contribution in [1.82, 2.24) is 14.5 Å². The van der Waals surface area contributed by atoms with Crippen LogP contribution in [0.4, 0.5) is 0 Å². The van der Waals surface area contributed by atoms with E-state index in [-0.39, 0.29) is 5.78 Å². The predicted octanol–water partition coefficient (Wildman–Crippen LogP) is 3.44. The number of benzene rings is 1. The average molecular weight is 330 g/mol. The molecule has 0 aliphatic carbocycles. The second-order valence-corrected chi connectivity index (χ2v) is 5.23. The maximum atomic E-state index is 12.6. The fourth-order valence-electron chi connectivity index (χ4n) is 2.13. The molecule has 20 heavy (non-hydrogen) atoms. The average Bonchev–Trinajstić information content (AvgIpc) is 2.94. The lowest BCUT2D eigenvalue weighted by Crippen LogP contribution is -2.12. The number of carbonyl (C=O) groups excluding carboxylic acids is 1. The summed E-state index contributed by atoms with van der Waals surface area (Å²) >= 11 is 3.43. The minimum absolute atomic E-state index is 0.172. The number of aryl methyl sites for hydroxylation is 1. The van der Waals surface area contributed by atoms with Crippen LogP contribution in [0.15, 0.2) is 47.2 Å². The molecule has 1 aromatic carbocycles. The highest BCUT2D eigenvalue weighted by atomic mass is 79.9. The van der Waals surface area contributed by atoms with Crippen LogP contribution in [0, 0.1) is 0 Å². The van der Waals surface area contributed by atoms with E-state index < -0.39 is 0 Å². The molecule has 0 saturated carbocycles. The van der Waals surface area contributed by atoms with E-state index in [2.05, 4.69) is 25.9 Å². The van der Waals surface area contributed by atoms with Crippen LogP contribution in [-0.2, 0) is 6.54 Å². The Morgan fingerprint density at radius 3 is 2.95 bits per heavy atom. The molecule has 3 aromatic rings. The molecule has 0 aliphatic rings. The van der Waals surface area contributed by atoms with Crippen LogP contribution in [0.25, 0.3) is 10.9 Å². The van der Waals surface area contributed by atoms with Gasteiger partial charge in [0.25, 0.3) is 0 Å². The van der Waals surface area contributed by atoms with Crippen molar-refractivity contribution in [2.24, 2.45) is 0 Å². The lowest BCUT2D eigenvalue weighted by Gasteiger charge is -2.06. The van der Waals surface area contributed by atoms with E-state index in [1.807, 2.05) is 41.8 Å². The van der Waals surface area contributed by atoms with Crippen LogP contribution in [0.1, 0.15) is 23.2 Å². The molecule has 0 bridgehead atoms. The Kier molecular flexibility index (Phi) is 3.36. The number of hydrogen-bond acceptors (Lipinski definition) is 3. The summed E-state index contributed by atoms with van der Waals surface area (Å²) in [5.74, 6) is 0.241. The first-order valence-corrected chi connectivity index (χ1v) is 7.11. The molecule has 0 aliphatic heterocycles. The SMILES string of the molecule is CCn1ccnc1C(=O)c1nc2ccccc2cc1Br. The number of halogens is 1. The molecule has 100 valence electrons. The third kappa shape index (κ3) is 2.14. The van der Waals surface area contributed by atoms with Gasteiger partial charge >= 0.3 is 0 Å². The number of imidazole rings is 1. The van der Waals surface area contributed by atoms with Crippen LogP contribution in [0.5, 0.6) is 0 Å². The van der Waals surface area contributed by atoms with E-state index >= 15 is 0 Å². The van der Waals surface area contributed by atoms with Gasteiger partial charge in [0.1, 0.15) is 5.69 Å². The monoisotopic (exact) mass is 329 g/mol. The molecule has 2 aromatic heterocycles. The smallest absolute Gasteiger partial charge is 0.247 e. The van der Waals surface area contributed by atoms with E-state index in [4.69, 9.17) is 0 Å². The molecule has 0 saturated heterocycles. The Morgan fingerprint density at radius 1 is 1.35 bits per heavy atom. The Hall–Kier alpha value is -2.01. The van der Waals surface area contributed by atoms with Crippen molar-refractivity contribution in [2.45, 2.75) is 13.5 Å². The third-order valence-electron chi connectivity index (χ3n) is 3.15. The van der Waals surface area contributed by atoms with Gasteiger partial charge in [-0.1, -0.05) is 18.2 Å². The normalized spacial score (nSPS) is 10.9. The molecule has 5 heteroatoms. The third-order valence-corrected chi connectivity index (χ3v) is 3.76. The number of hydrogen-bond donors (Lipinski definition) is 0. The van der Waals surface area contributed by atoms with E-state index in [1.165, 1.54) is 0 Å². The van der Waals surface area contributed by atoms with Crippen LogP contribution < -0.4 is 0 Å². The van der Waals surface area contributed by atoms with Gasteiger partial charge in [-0.15, -0.1) is 0 Å². The maximum Gasteiger partial charge on any atom is 0.247 e. The zero-order valence-corrected chi connectivity index (χ0v) is 12.5. The minimum atomic E-state index is -0.172. The molecule has 2 heterocycles. The van der Waals surface area contributed by atoms with Gasteiger partial charge < -0.3 is 4.57 Å². The number of carbonyl (C=O) groups is 1. The Morgan fingerprint density at radius 2 is 2.15 bits per heavy atom. The number of nitrogens with zero attached hydrogens (tertiary/aromatic N) is 3. The number of pyridine rings is 1. The van der Waals surface area contributed by atoms with Crippen LogP contribution in [0.2, 0.25) is 0 Å². The second-order valence-electron chi connectivity index (χ2n) is 4.38. The molecular weight excluding hydrogens is 318 g/mol. The van der Waals surface area contributed by atoms with E-state index in [9.17, 15) is 4.79 Å². The molecule has 0 unspecified atom stereocenters. The fourth-order valence-corrected chi connectivity index (χ4v) is 2.64. The highest BCUT2D eigenvalue weighted by Crippen LogP contribution is 2.23. The quantitative estimate of drug-likeness (QED) is 0.691. The largest absolute Gasteiger partial charge is 0.328 e. The van der Waals surface area contributed by atoms with E-state index in [0.717, 1.165) is 10.9 Å². The van der Waals surface area contributed by atoms with Gasteiger partial charge in [0.15, 0.2) is 5.82 Å². The lowest BCUT2D eigenvalue weighted by atomic mass is 10.1. The van der Waals surface area contributed by atoms with Crippen molar-refractivity contribution >= 4 is 32.6 Å². The van der Waals surface area contributed by atoms with Gasteiger partial charge in [0.2, 0.25) is 5.78 Å². The maximum absolute atomic E-state index is 12.6. The van der Waals surface area contributed by atoms with Gasteiger partial charge in [-0.25, -0.2) is 9.97 Å². The van der Waals surface area contributed by atoms with E-state index in [1.54, 1.807) is 12.4 Å². The lowest BCUT2D eigenvalue weighted by molar-refractivity contribution is 0.102. The highest BCUT2D eigenvalue weighted by molar-refractivity contribution is 9.10. The summed E-state index contributed by atoms with van der Waals surface area (Å²) in [5.41, 5.74) is 1.19. The summed E-state index contributed by atoms with van der Waals surface area (Å²) < 4.78 is 2.50. The first kappa shape index (κ1) is 13.0. The topological polar surface area (TPSA) is 47.8 Å². The fraction of sp³-hybridized carbons (Fsp3) is 0.133. The van der Waals surface area contributed by atoms with Crippen molar-refractivity contribution in [3.8, 4) is 0 Å². The number of ketones is 1. The summed E-state index contributed by atoms with van der Waals surface area (Å²) in [4.78, 5) is 21.2. The van der Waals surface area contributed by atoms with Gasteiger partial charge in [-0.2, -0.15) is 0 Å². The molecule has 0 radical (unpaired) electrons. The number of aromatic nitrogens is 3.